The highest BCUT2D eigenvalue weighted by molar-refractivity contribution is 6.32. The van der Waals surface area contributed by atoms with Crippen molar-refractivity contribution in [2.45, 2.75) is 6.61 Å². The Hall–Kier alpha value is -2.20. The normalized spacial score (nSPS) is 11.3. The van der Waals surface area contributed by atoms with E-state index in [9.17, 15) is 0 Å². The van der Waals surface area contributed by atoms with Crippen LogP contribution >= 0.6 is 11.6 Å². The summed E-state index contributed by atoms with van der Waals surface area (Å²) in [5.41, 5.74) is 7.10. The molecule has 0 radical (unpaired) electrons. The van der Waals surface area contributed by atoms with Crippen molar-refractivity contribution in [1.29, 1.82) is 0 Å². The van der Waals surface area contributed by atoms with Gasteiger partial charge in [-0.25, -0.2) is 0 Å². The van der Waals surface area contributed by atoms with E-state index >= 15 is 0 Å². The van der Waals surface area contributed by atoms with Crippen LogP contribution in [0.5, 0.6) is 5.75 Å². The summed E-state index contributed by atoms with van der Waals surface area (Å²) in [5, 5.41) is 12.1. The SMILES string of the molecule is N/C(=N\O)c1ccc(COc2ccccc2Cl)cc1. The average molecular weight is 277 g/mol. The molecule has 0 unspecified atom stereocenters. The smallest absolute Gasteiger partial charge is 0.170 e. The van der Waals surface area contributed by atoms with Crippen LogP contribution in [0.25, 0.3) is 0 Å². The molecule has 0 bridgehead atoms. The van der Waals surface area contributed by atoms with Crippen molar-refractivity contribution in [3.63, 3.8) is 0 Å². The first-order chi connectivity index (χ1) is 9.20. The molecule has 0 atom stereocenters. The predicted octanol–water partition coefficient (Wildman–Crippen LogP) is 3.01. The minimum Gasteiger partial charge on any atom is -0.487 e. The molecule has 0 aliphatic carbocycles. The Morgan fingerprint density at radius 3 is 2.47 bits per heavy atom. The number of hydrogen-bond acceptors (Lipinski definition) is 3. The second-order valence-corrected chi connectivity index (χ2v) is 4.31. The van der Waals surface area contributed by atoms with Gasteiger partial charge in [-0.2, -0.15) is 0 Å². The molecule has 0 fully saturated rings. The first kappa shape index (κ1) is 13.2. The van der Waals surface area contributed by atoms with Crippen LogP contribution in [0.15, 0.2) is 53.7 Å². The van der Waals surface area contributed by atoms with E-state index in [2.05, 4.69) is 5.16 Å². The molecule has 0 aliphatic rings. The Morgan fingerprint density at radius 1 is 1.16 bits per heavy atom. The molecule has 2 aromatic rings. The number of rotatable bonds is 4. The number of para-hydroxylation sites is 1. The van der Waals surface area contributed by atoms with Gasteiger partial charge in [0.05, 0.1) is 5.02 Å². The largest absolute Gasteiger partial charge is 0.487 e. The van der Waals surface area contributed by atoms with Gasteiger partial charge < -0.3 is 15.7 Å². The third-order valence-corrected chi connectivity index (χ3v) is 2.90. The molecule has 98 valence electrons. The second kappa shape index (κ2) is 6.11. The molecule has 3 N–H and O–H groups in total. The van der Waals surface area contributed by atoms with Crippen LogP contribution < -0.4 is 10.5 Å². The lowest BCUT2D eigenvalue weighted by Crippen LogP contribution is -2.12. The van der Waals surface area contributed by atoms with Gasteiger partial charge in [-0.05, 0) is 17.7 Å². The molecule has 0 aliphatic heterocycles. The van der Waals surface area contributed by atoms with Crippen LogP contribution in [0.4, 0.5) is 0 Å². The quantitative estimate of drug-likeness (QED) is 0.390. The molecule has 0 spiro atoms. The molecule has 4 nitrogen and oxygen atoms in total. The van der Waals surface area contributed by atoms with Crippen LogP contribution in [0.3, 0.4) is 0 Å². The van der Waals surface area contributed by atoms with Gasteiger partial charge in [0, 0.05) is 5.56 Å². The van der Waals surface area contributed by atoms with E-state index in [1.165, 1.54) is 0 Å². The fraction of sp³-hybridized carbons (Fsp3) is 0.0714. The summed E-state index contributed by atoms with van der Waals surface area (Å²) < 4.78 is 5.61. The highest BCUT2D eigenvalue weighted by Crippen LogP contribution is 2.24. The third-order valence-electron chi connectivity index (χ3n) is 2.59. The summed E-state index contributed by atoms with van der Waals surface area (Å²) in [7, 11) is 0. The maximum atomic E-state index is 8.56. The Bertz CT molecular complexity index is 582. The molecule has 19 heavy (non-hydrogen) atoms. The van der Waals surface area contributed by atoms with E-state index < -0.39 is 0 Å². The van der Waals surface area contributed by atoms with Gasteiger partial charge in [-0.3, -0.25) is 0 Å². The Labute approximate surface area is 116 Å². The second-order valence-electron chi connectivity index (χ2n) is 3.90. The van der Waals surface area contributed by atoms with Crippen molar-refractivity contribution in [1.82, 2.24) is 0 Å². The fourth-order valence-corrected chi connectivity index (χ4v) is 1.74. The molecular formula is C14H13ClN2O2. The van der Waals surface area contributed by atoms with Gasteiger partial charge >= 0.3 is 0 Å². The van der Waals surface area contributed by atoms with Crippen LogP contribution in [0, 0.1) is 0 Å². The topological polar surface area (TPSA) is 67.8 Å². The average Bonchev–Trinajstić information content (AvgIpc) is 2.46. The zero-order valence-electron chi connectivity index (χ0n) is 10.1. The molecule has 5 heteroatoms. The first-order valence-corrected chi connectivity index (χ1v) is 6.02. The maximum absolute atomic E-state index is 8.56. The van der Waals surface area contributed by atoms with Crippen LogP contribution in [0.2, 0.25) is 5.02 Å². The minimum absolute atomic E-state index is 0.0820. The van der Waals surface area contributed by atoms with Gasteiger partial charge in [0.2, 0.25) is 0 Å². The van der Waals surface area contributed by atoms with Crippen molar-refractivity contribution in [2.75, 3.05) is 0 Å². The summed E-state index contributed by atoms with van der Waals surface area (Å²) in [6, 6.07) is 14.5. The number of nitrogens with zero attached hydrogens (tertiary/aromatic N) is 1. The third kappa shape index (κ3) is 3.39. The highest BCUT2D eigenvalue weighted by Gasteiger charge is 2.02. The lowest BCUT2D eigenvalue weighted by atomic mass is 10.1. The fourth-order valence-electron chi connectivity index (χ4n) is 1.55. The summed E-state index contributed by atoms with van der Waals surface area (Å²) in [5.74, 6) is 0.725. The standard InChI is InChI=1S/C14H13ClN2O2/c15-12-3-1-2-4-13(12)19-9-10-5-7-11(8-6-10)14(16)17-18/h1-8,18H,9H2,(H2,16,17). The predicted molar refractivity (Wildman–Crippen MR) is 74.7 cm³/mol. The number of nitrogens with two attached hydrogens (primary N) is 1. The van der Waals surface area contributed by atoms with E-state index in [0.29, 0.717) is 22.9 Å². The zero-order valence-corrected chi connectivity index (χ0v) is 10.8. The lowest BCUT2D eigenvalue weighted by Gasteiger charge is -2.08. The minimum atomic E-state index is 0.0820. The monoisotopic (exact) mass is 276 g/mol. The van der Waals surface area contributed by atoms with Crippen LogP contribution in [-0.4, -0.2) is 11.0 Å². The summed E-state index contributed by atoms with van der Waals surface area (Å²) in [6.07, 6.45) is 0. The van der Waals surface area contributed by atoms with Crippen LogP contribution in [0.1, 0.15) is 11.1 Å². The Kier molecular flexibility index (Phi) is 4.26. The highest BCUT2D eigenvalue weighted by atomic mass is 35.5. The number of amidine groups is 1. The van der Waals surface area contributed by atoms with Gasteiger partial charge in [0.1, 0.15) is 12.4 Å². The molecule has 0 amide bonds. The van der Waals surface area contributed by atoms with Gasteiger partial charge in [0.25, 0.3) is 0 Å². The Morgan fingerprint density at radius 2 is 1.84 bits per heavy atom. The van der Waals surface area contributed by atoms with E-state index in [1.807, 2.05) is 30.3 Å². The summed E-state index contributed by atoms with van der Waals surface area (Å²) in [4.78, 5) is 0. The number of hydrogen-bond donors (Lipinski definition) is 2. The molecule has 2 rings (SSSR count). The van der Waals surface area contributed by atoms with Crippen molar-refractivity contribution in [2.24, 2.45) is 10.9 Å². The molecule has 2 aromatic carbocycles. The molecule has 0 heterocycles. The number of oxime groups is 1. The summed E-state index contributed by atoms with van der Waals surface area (Å²) in [6.45, 7) is 0.403. The Balaban J connectivity index is 2.03. The lowest BCUT2D eigenvalue weighted by molar-refractivity contribution is 0.306. The molecular weight excluding hydrogens is 264 g/mol. The maximum Gasteiger partial charge on any atom is 0.170 e. The zero-order chi connectivity index (χ0) is 13.7. The molecule has 0 saturated heterocycles. The van der Waals surface area contributed by atoms with Gasteiger partial charge in [-0.1, -0.05) is 53.2 Å². The van der Waals surface area contributed by atoms with E-state index in [-0.39, 0.29) is 5.84 Å². The van der Waals surface area contributed by atoms with Crippen molar-refractivity contribution >= 4 is 17.4 Å². The van der Waals surface area contributed by atoms with Gasteiger partial charge in [0.15, 0.2) is 5.84 Å². The molecule has 0 aromatic heterocycles. The van der Waals surface area contributed by atoms with Crippen molar-refractivity contribution in [3.05, 3.63) is 64.7 Å². The van der Waals surface area contributed by atoms with E-state index in [1.54, 1.807) is 18.2 Å². The summed E-state index contributed by atoms with van der Waals surface area (Å²) >= 11 is 5.99. The van der Waals surface area contributed by atoms with E-state index in [4.69, 9.17) is 27.3 Å². The first-order valence-electron chi connectivity index (χ1n) is 5.65. The number of halogens is 1. The number of benzene rings is 2. The van der Waals surface area contributed by atoms with Crippen LogP contribution in [-0.2, 0) is 6.61 Å². The van der Waals surface area contributed by atoms with Crippen molar-refractivity contribution in [3.8, 4) is 5.75 Å². The van der Waals surface area contributed by atoms with E-state index in [0.717, 1.165) is 5.56 Å². The van der Waals surface area contributed by atoms with Gasteiger partial charge in [-0.15, -0.1) is 0 Å². The molecule has 0 saturated carbocycles. The van der Waals surface area contributed by atoms with Crippen molar-refractivity contribution < 1.29 is 9.94 Å². The number of ether oxygens (including phenoxy) is 1.